The zero-order valence-electron chi connectivity index (χ0n) is 11.7. The van der Waals surface area contributed by atoms with Gasteiger partial charge in [-0.15, -0.1) is 0 Å². The Morgan fingerprint density at radius 3 is 2.74 bits per heavy atom. The van der Waals surface area contributed by atoms with Crippen molar-refractivity contribution in [2.24, 2.45) is 5.92 Å². The molecule has 3 rings (SSSR count). The Hall–Kier alpha value is -1.02. The molecule has 1 fully saturated rings. The summed E-state index contributed by atoms with van der Waals surface area (Å²) < 4.78 is 0. The van der Waals surface area contributed by atoms with Gasteiger partial charge in [-0.1, -0.05) is 31.7 Å². The quantitative estimate of drug-likeness (QED) is 0.848. The van der Waals surface area contributed by atoms with Gasteiger partial charge in [0.25, 0.3) is 0 Å². The Morgan fingerprint density at radius 2 is 1.89 bits per heavy atom. The maximum absolute atomic E-state index is 10.1. The van der Waals surface area contributed by atoms with E-state index < -0.39 is 0 Å². The molecule has 2 nitrogen and oxygen atoms in total. The van der Waals surface area contributed by atoms with E-state index in [0.29, 0.717) is 6.54 Å². The minimum atomic E-state index is -0.198. The second kappa shape index (κ2) is 5.96. The maximum atomic E-state index is 10.1. The van der Waals surface area contributed by atoms with Crippen molar-refractivity contribution >= 4 is 5.69 Å². The zero-order chi connectivity index (χ0) is 13.1. The fraction of sp³-hybridized carbons (Fsp3) is 0.647. The number of aliphatic hydroxyl groups excluding tert-OH is 1. The number of anilines is 1. The average Bonchev–Trinajstić information content (AvgIpc) is 3.06. The molecule has 2 N–H and O–H groups in total. The minimum Gasteiger partial charge on any atom is -0.391 e. The highest BCUT2D eigenvalue weighted by molar-refractivity contribution is 5.50. The molecule has 1 aromatic carbocycles. The molecule has 1 saturated carbocycles. The van der Waals surface area contributed by atoms with Crippen LogP contribution in [-0.2, 0) is 12.8 Å². The monoisotopic (exact) mass is 259 g/mol. The van der Waals surface area contributed by atoms with Crippen LogP contribution in [0.1, 0.15) is 49.7 Å². The van der Waals surface area contributed by atoms with Crippen molar-refractivity contribution in [3.8, 4) is 0 Å². The van der Waals surface area contributed by atoms with Gasteiger partial charge in [0, 0.05) is 12.2 Å². The van der Waals surface area contributed by atoms with Gasteiger partial charge < -0.3 is 10.4 Å². The summed E-state index contributed by atoms with van der Waals surface area (Å²) in [5.41, 5.74) is 4.18. The molecule has 0 aliphatic heterocycles. The summed E-state index contributed by atoms with van der Waals surface area (Å²) in [7, 11) is 0. The highest BCUT2D eigenvalue weighted by Crippen LogP contribution is 2.29. The first-order chi connectivity index (χ1) is 9.31. The molecular formula is C17H25NO. The first-order valence-corrected chi connectivity index (χ1v) is 7.85. The Labute approximate surface area is 116 Å². The Kier molecular flexibility index (Phi) is 4.07. The molecule has 1 aromatic rings. The number of rotatable bonds is 5. The van der Waals surface area contributed by atoms with Crippen molar-refractivity contribution in [2.75, 3.05) is 11.9 Å². The van der Waals surface area contributed by atoms with E-state index in [2.05, 4.69) is 23.5 Å². The van der Waals surface area contributed by atoms with Crippen molar-refractivity contribution in [3.63, 3.8) is 0 Å². The van der Waals surface area contributed by atoms with Crippen LogP contribution in [-0.4, -0.2) is 17.8 Å². The molecule has 0 bridgehead atoms. The summed E-state index contributed by atoms with van der Waals surface area (Å²) in [4.78, 5) is 0. The number of aliphatic hydroxyl groups is 1. The minimum absolute atomic E-state index is 0.198. The summed E-state index contributed by atoms with van der Waals surface area (Å²) in [6.07, 6.45) is 9.87. The second-order valence-electron chi connectivity index (χ2n) is 6.26. The van der Waals surface area contributed by atoms with Crippen LogP contribution in [0.5, 0.6) is 0 Å². The van der Waals surface area contributed by atoms with Gasteiger partial charge in [-0.05, 0) is 54.9 Å². The first kappa shape index (κ1) is 13.0. The third-order valence-electron chi connectivity index (χ3n) is 4.72. The summed E-state index contributed by atoms with van der Waals surface area (Å²) in [6, 6.07) is 6.67. The largest absolute Gasteiger partial charge is 0.391 e. The lowest BCUT2D eigenvalue weighted by molar-refractivity contribution is 0.155. The van der Waals surface area contributed by atoms with E-state index in [1.165, 1.54) is 61.8 Å². The normalized spacial score (nSPS) is 20.5. The van der Waals surface area contributed by atoms with Crippen LogP contribution >= 0.6 is 0 Å². The Bertz CT molecular complexity index is 423. The maximum Gasteiger partial charge on any atom is 0.0715 e. The number of fused-ring (bicyclic) bond motifs is 1. The summed E-state index contributed by atoms with van der Waals surface area (Å²) in [5.74, 6) is 0.761. The molecule has 2 aliphatic carbocycles. The van der Waals surface area contributed by atoms with Crippen LogP contribution in [0.2, 0.25) is 0 Å². The topological polar surface area (TPSA) is 32.3 Å². The molecule has 0 amide bonds. The molecule has 0 heterocycles. The van der Waals surface area contributed by atoms with Crippen molar-refractivity contribution in [3.05, 3.63) is 29.3 Å². The van der Waals surface area contributed by atoms with E-state index in [9.17, 15) is 5.11 Å². The highest BCUT2D eigenvalue weighted by Gasteiger charge is 2.18. The van der Waals surface area contributed by atoms with Crippen molar-refractivity contribution in [2.45, 2.75) is 57.5 Å². The van der Waals surface area contributed by atoms with Crippen molar-refractivity contribution < 1.29 is 5.11 Å². The molecule has 104 valence electrons. The van der Waals surface area contributed by atoms with Gasteiger partial charge in [-0.3, -0.25) is 0 Å². The third-order valence-corrected chi connectivity index (χ3v) is 4.72. The van der Waals surface area contributed by atoms with Crippen molar-refractivity contribution in [1.82, 2.24) is 0 Å². The van der Waals surface area contributed by atoms with E-state index in [1.807, 2.05) is 0 Å². The summed E-state index contributed by atoms with van der Waals surface area (Å²) in [6.45, 7) is 0.690. The van der Waals surface area contributed by atoms with Gasteiger partial charge in [-0.2, -0.15) is 0 Å². The molecule has 0 spiro atoms. The van der Waals surface area contributed by atoms with Gasteiger partial charge in [-0.25, -0.2) is 0 Å². The number of hydrogen-bond acceptors (Lipinski definition) is 2. The molecule has 2 heteroatoms. The number of aryl methyl sites for hydroxylation is 2. The van der Waals surface area contributed by atoms with Crippen molar-refractivity contribution in [1.29, 1.82) is 0 Å². The van der Waals surface area contributed by atoms with Crippen LogP contribution in [0.15, 0.2) is 18.2 Å². The van der Waals surface area contributed by atoms with Crippen LogP contribution in [0.25, 0.3) is 0 Å². The highest BCUT2D eigenvalue weighted by atomic mass is 16.3. The van der Waals surface area contributed by atoms with Gasteiger partial charge in [0.1, 0.15) is 0 Å². The number of nitrogens with one attached hydrogen (secondary N) is 1. The molecule has 0 radical (unpaired) electrons. The van der Waals surface area contributed by atoms with Crippen LogP contribution < -0.4 is 5.32 Å². The van der Waals surface area contributed by atoms with E-state index in [-0.39, 0.29) is 6.10 Å². The van der Waals surface area contributed by atoms with E-state index in [1.54, 1.807) is 0 Å². The van der Waals surface area contributed by atoms with E-state index in [4.69, 9.17) is 0 Å². The second-order valence-corrected chi connectivity index (χ2v) is 6.26. The fourth-order valence-corrected chi connectivity index (χ4v) is 3.63. The standard InChI is InChI=1S/C17H25NO/c19-17(10-13-4-1-2-5-13)12-18-16-9-8-14-6-3-7-15(14)11-16/h8-9,11,13,17-19H,1-7,10,12H2. The molecule has 1 atom stereocenters. The smallest absolute Gasteiger partial charge is 0.0715 e. The molecular weight excluding hydrogens is 234 g/mol. The van der Waals surface area contributed by atoms with Gasteiger partial charge >= 0.3 is 0 Å². The molecule has 2 aliphatic rings. The van der Waals surface area contributed by atoms with Crippen LogP contribution in [0.4, 0.5) is 5.69 Å². The Balaban J connectivity index is 1.48. The molecule has 1 unspecified atom stereocenters. The lowest BCUT2D eigenvalue weighted by Gasteiger charge is -2.17. The lowest BCUT2D eigenvalue weighted by atomic mass is 10.00. The lowest BCUT2D eigenvalue weighted by Crippen LogP contribution is -2.22. The number of benzene rings is 1. The van der Waals surface area contributed by atoms with Gasteiger partial charge in [0.15, 0.2) is 0 Å². The predicted molar refractivity (Wildman–Crippen MR) is 79.5 cm³/mol. The van der Waals surface area contributed by atoms with Gasteiger partial charge in [0.2, 0.25) is 0 Å². The van der Waals surface area contributed by atoms with Gasteiger partial charge in [0.05, 0.1) is 6.10 Å². The summed E-state index contributed by atoms with van der Waals surface area (Å²) in [5, 5.41) is 13.5. The van der Waals surface area contributed by atoms with Crippen LogP contribution in [0.3, 0.4) is 0 Å². The Morgan fingerprint density at radius 1 is 1.11 bits per heavy atom. The first-order valence-electron chi connectivity index (χ1n) is 7.85. The SMILES string of the molecule is OC(CNc1ccc2c(c1)CCC2)CC1CCCC1. The van der Waals surface area contributed by atoms with Crippen LogP contribution in [0, 0.1) is 5.92 Å². The fourth-order valence-electron chi connectivity index (χ4n) is 3.63. The third kappa shape index (κ3) is 3.30. The molecule has 0 saturated heterocycles. The van der Waals surface area contributed by atoms with E-state index in [0.717, 1.165) is 12.3 Å². The molecule has 19 heavy (non-hydrogen) atoms. The zero-order valence-corrected chi connectivity index (χ0v) is 11.7. The van der Waals surface area contributed by atoms with E-state index >= 15 is 0 Å². The average molecular weight is 259 g/mol. The predicted octanol–water partition coefficient (Wildman–Crippen LogP) is 3.53. The number of hydrogen-bond donors (Lipinski definition) is 2. The molecule has 0 aromatic heterocycles. The summed E-state index contributed by atoms with van der Waals surface area (Å²) >= 11 is 0.